The van der Waals surface area contributed by atoms with Gasteiger partial charge in [-0.1, -0.05) is 0 Å². The van der Waals surface area contributed by atoms with Crippen LogP contribution in [-0.4, -0.2) is 79.4 Å². The minimum absolute atomic E-state index is 0. The molecule has 2 aliphatic heterocycles. The smallest absolute Gasteiger partial charge is 0.394 e. The fourth-order valence-corrected chi connectivity index (χ4v) is 5.22. The van der Waals surface area contributed by atoms with E-state index < -0.39 is 80.4 Å². The number of aromatic amines is 2. The Morgan fingerprint density at radius 2 is 1.50 bits per heavy atom. The molecule has 0 saturated carbocycles. The van der Waals surface area contributed by atoms with E-state index in [1.165, 1.54) is 26.2 Å². The van der Waals surface area contributed by atoms with Crippen molar-refractivity contribution in [3.63, 3.8) is 0 Å². The van der Waals surface area contributed by atoms with Gasteiger partial charge in [0.25, 0.3) is 11.1 Å². The molecule has 3 unspecified atom stereocenters. The number of aliphatic hydroxyl groups excluding tert-OH is 2. The minimum Gasteiger partial charge on any atom is -0.394 e. The largest absolute Gasteiger partial charge is 0.488 e. The Hall–Kier alpha value is -2.47. The summed E-state index contributed by atoms with van der Waals surface area (Å²) >= 11 is 0. The molecule has 0 bridgehead atoms. The molecular formula is C20H31BN5O11P+2. The first-order chi connectivity index (χ1) is 17.4. The normalized spacial score (nSPS) is 28.7. The summed E-state index contributed by atoms with van der Waals surface area (Å²) in [6, 6.07) is 0. The Kier molecular flexibility index (Phi) is 9.29. The van der Waals surface area contributed by atoms with Gasteiger partial charge in [0, 0.05) is 36.4 Å². The summed E-state index contributed by atoms with van der Waals surface area (Å²) < 4.78 is 24.5. The SMILES string of the molecule is [B][P+](O)(OC[C@H]1O[C@@H](n2cc(C)c(=O)[nH]c2=O)CC1O)OC1C[C@H](n2cc(C)c(=O)[nH]c2=O)O[C@@H]1CO.[NH4+]. The van der Waals surface area contributed by atoms with Crippen molar-refractivity contribution in [2.24, 2.45) is 0 Å². The quantitative estimate of drug-likeness (QED) is 0.156. The molecule has 9 N–H and O–H groups in total. The highest BCUT2D eigenvalue weighted by molar-refractivity contribution is 7.85. The molecule has 208 valence electrons. The maximum Gasteiger partial charge on any atom is 0.488 e. The van der Waals surface area contributed by atoms with Crippen LogP contribution in [0.15, 0.2) is 31.6 Å². The van der Waals surface area contributed by atoms with E-state index in [0.717, 1.165) is 9.13 Å². The lowest BCUT2D eigenvalue weighted by Gasteiger charge is -2.22. The van der Waals surface area contributed by atoms with Crippen LogP contribution in [0.2, 0.25) is 0 Å². The number of hydrogen-bond acceptors (Lipinski definition) is 11. The van der Waals surface area contributed by atoms with Crippen molar-refractivity contribution < 1.29 is 33.6 Å². The Bertz CT molecular complexity index is 1370. The number of H-pyrrole nitrogens is 2. The van der Waals surface area contributed by atoms with Gasteiger partial charge >= 0.3 is 26.8 Å². The van der Waals surface area contributed by atoms with Gasteiger partial charge in [-0.3, -0.25) is 28.7 Å². The lowest BCUT2D eigenvalue weighted by molar-refractivity contribution is -0.0538. The number of quaternary nitrogens is 1. The molecule has 4 rings (SSSR count). The van der Waals surface area contributed by atoms with Crippen molar-refractivity contribution in [2.75, 3.05) is 13.2 Å². The van der Waals surface area contributed by atoms with Gasteiger partial charge in [0.2, 0.25) is 0 Å². The van der Waals surface area contributed by atoms with Gasteiger partial charge in [-0.05, 0) is 13.8 Å². The van der Waals surface area contributed by atoms with Gasteiger partial charge in [0.1, 0.15) is 37.4 Å². The minimum atomic E-state index is -4.03. The topological polar surface area (TPSA) is 244 Å². The average Bonchev–Trinajstić information content (AvgIpc) is 3.39. The number of aromatic nitrogens is 4. The molecule has 0 amide bonds. The van der Waals surface area contributed by atoms with Crippen molar-refractivity contribution in [2.45, 2.75) is 63.6 Å². The van der Waals surface area contributed by atoms with Crippen LogP contribution in [-0.2, 0) is 18.5 Å². The van der Waals surface area contributed by atoms with Crippen LogP contribution in [0.25, 0.3) is 0 Å². The molecule has 7 atom stereocenters. The van der Waals surface area contributed by atoms with E-state index in [4.69, 9.17) is 26.1 Å². The first-order valence-electron chi connectivity index (χ1n) is 11.4. The molecule has 4 heterocycles. The first-order valence-corrected chi connectivity index (χ1v) is 13.0. The van der Waals surface area contributed by atoms with Gasteiger partial charge < -0.3 is 25.8 Å². The highest BCUT2D eigenvalue weighted by Gasteiger charge is 2.48. The summed E-state index contributed by atoms with van der Waals surface area (Å²) in [7, 11) is 1.81. The Morgan fingerprint density at radius 1 is 1.00 bits per heavy atom. The van der Waals surface area contributed by atoms with Crippen LogP contribution in [0.1, 0.15) is 36.4 Å². The standard InChI is InChI=1S/C20H27BN4O11P.H3N/c1-9-5-24(19(30)22-17(9)28)15-3-11(27)14(35-15)8-33-37(21,32)36-12-4-16(34-13(12)7-26)25-6-10(2)18(29)23-20(25)31;/h5-6,11-16,26-27,32H,3-4,7-8H2,1-2H3,(H,22,28,30)(H,23,29,31);1H3/q+1;/p+1/t11?,12?,13-,14-,15-,16-,37?;/m1./s1. The number of aryl methyl sites for hydroxylation is 2. The van der Waals surface area contributed by atoms with Gasteiger partial charge in [0.05, 0.1) is 12.7 Å². The van der Waals surface area contributed by atoms with Gasteiger partial charge in [-0.15, -0.1) is 0 Å². The van der Waals surface area contributed by atoms with E-state index >= 15 is 0 Å². The molecule has 2 radical (unpaired) electrons. The second kappa shape index (κ2) is 11.7. The first kappa shape index (κ1) is 30.1. The molecule has 0 aromatic carbocycles. The van der Waals surface area contributed by atoms with Crippen LogP contribution < -0.4 is 28.6 Å². The van der Waals surface area contributed by atoms with Crippen molar-refractivity contribution >= 4 is 15.4 Å². The zero-order chi connectivity index (χ0) is 27.1. The van der Waals surface area contributed by atoms with Crippen molar-refractivity contribution in [3.05, 3.63) is 65.2 Å². The summed E-state index contributed by atoms with van der Waals surface area (Å²) in [5.41, 5.74) is -1.95. The molecule has 2 aliphatic rings. The maximum atomic E-state index is 12.2. The number of hydrogen-bond donors (Lipinski definition) is 6. The molecule has 2 saturated heterocycles. The Morgan fingerprint density at radius 3 is 2.03 bits per heavy atom. The highest BCUT2D eigenvalue weighted by atomic mass is 31.2. The third-order valence-corrected chi connectivity index (χ3v) is 7.28. The molecule has 0 spiro atoms. The highest BCUT2D eigenvalue weighted by Crippen LogP contribution is 2.55. The second-order valence-corrected chi connectivity index (χ2v) is 10.5. The van der Waals surface area contributed by atoms with Gasteiger partial charge in [-0.2, -0.15) is 9.05 Å². The fourth-order valence-electron chi connectivity index (χ4n) is 4.19. The Labute approximate surface area is 216 Å². The summed E-state index contributed by atoms with van der Waals surface area (Å²) in [6.07, 6.45) is -3.15. The number of nitrogens with one attached hydrogen (secondary N) is 2. The average molecular weight is 559 g/mol. The predicted molar refractivity (Wildman–Crippen MR) is 134 cm³/mol. The predicted octanol–water partition coefficient (Wildman–Crippen LogP) is -1.75. The molecule has 18 heteroatoms. The molecule has 2 fully saturated rings. The van der Waals surface area contributed by atoms with E-state index in [-0.39, 0.29) is 30.1 Å². The second-order valence-electron chi connectivity index (χ2n) is 8.94. The fraction of sp³-hybridized carbons (Fsp3) is 0.600. The Balaban J connectivity index is 0.00000400. The van der Waals surface area contributed by atoms with E-state index in [2.05, 4.69) is 9.97 Å². The zero-order valence-corrected chi connectivity index (χ0v) is 21.9. The van der Waals surface area contributed by atoms with Crippen molar-refractivity contribution in [1.82, 2.24) is 25.3 Å². The van der Waals surface area contributed by atoms with Crippen LogP contribution in [0.4, 0.5) is 0 Å². The van der Waals surface area contributed by atoms with E-state index in [1.54, 1.807) is 0 Å². The maximum absolute atomic E-state index is 12.2. The molecule has 2 aromatic rings. The lowest BCUT2D eigenvalue weighted by Crippen LogP contribution is -2.33. The molecular weight excluding hydrogens is 528 g/mol. The summed E-state index contributed by atoms with van der Waals surface area (Å²) in [5, 5.41) is 20.1. The number of nitrogens with zero attached hydrogens (tertiary/aromatic N) is 2. The van der Waals surface area contributed by atoms with E-state index in [0.29, 0.717) is 0 Å². The lowest BCUT2D eigenvalue weighted by atomic mass is 10.2. The molecule has 16 nitrogen and oxygen atoms in total. The summed E-state index contributed by atoms with van der Waals surface area (Å²) in [5.74, 6) is 0. The molecule has 38 heavy (non-hydrogen) atoms. The molecule has 2 aromatic heterocycles. The van der Waals surface area contributed by atoms with Crippen LogP contribution in [0.3, 0.4) is 0 Å². The van der Waals surface area contributed by atoms with E-state index in [9.17, 15) is 34.3 Å². The van der Waals surface area contributed by atoms with Gasteiger partial charge in [0.15, 0.2) is 0 Å². The monoisotopic (exact) mass is 559 g/mol. The molecule has 0 aliphatic carbocycles. The van der Waals surface area contributed by atoms with Crippen molar-refractivity contribution in [3.8, 4) is 0 Å². The summed E-state index contributed by atoms with van der Waals surface area (Å²) in [4.78, 5) is 62.4. The van der Waals surface area contributed by atoms with Gasteiger partial charge in [-0.25, -0.2) is 14.5 Å². The summed E-state index contributed by atoms with van der Waals surface area (Å²) in [6.45, 7) is 2.12. The zero-order valence-electron chi connectivity index (χ0n) is 21.0. The third-order valence-electron chi connectivity index (χ3n) is 6.19. The third kappa shape index (κ3) is 6.39. The van der Waals surface area contributed by atoms with Crippen molar-refractivity contribution in [1.29, 1.82) is 0 Å². The van der Waals surface area contributed by atoms with E-state index in [1.807, 2.05) is 0 Å². The van der Waals surface area contributed by atoms with Crippen LogP contribution >= 0.6 is 7.82 Å². The number of aliphatic hydroxyl groups is 2. The van der Waals surface area contributed by atoms with Crippen LogP contribution in [0, 0.1) is 13.8 Å². The van der Waals surface area contributed by atoms with Crippen LogP contribution in [0.5, 0.6) is 0 Å². The number of rotatable bonds is 8. The number of ether oxygens (including phenoxy) is 2.